The van der Waals surface area contributed by atoms with E-state index in [1.54, 1.807) is 0 Å². The van der Waals surface area contributed by atoms with Crippen LogP contribution in [-0.4, -0.2) is 37.2 Å². The normalized spacial score (nSPS) is 18.3. The fourth-order valence-corrected chi connectivity index (χ4v) is 2.79. The Morgan fingerprint density at radius 2 is 2.30 bits per heavy atom. The molecular weight excluding hydrogens is 320 g/mol. The maximum absolute atomic E-state index is 12.1. The van der Waals surface area contributed by atoms with Gasteiger partial charge in [-0.05, 0) is 25.0 Å². The summed E-state index contributed by atoms with van der Waals surface area (Å²) in [4.78, 5) is 14.0. The van der Waals surface area contributed by atoms with Crippen LogP contribution in [0.3, 0.4) is 0 Å². The second kappa shape index (κ2) is 7.64. The lowest BCUT2D eigenvalue weighted by Gasteiger charge is -2.17. The largest absolute Gasteiger partial charge is 0.381 e. The Balaban J connectivity index is 1.77. The molecule has 0 aromatic heterocycles. The fraction of sp³-hybridized carbons (Fsp3) is 0.533. The molecule has 0 spiro atoms. The first-order chi connectivity index (χ1) is 9.70. The van der Waals surface area contributed by atoms with Crippen molar-refractivity contribution in [3.63, 3.8) is 0 Å². The summed E-state index contributed by atoms with van der Waals surface area (Å²) >= 11 is 3.49. The number of carbonyl (C=O) groups is 1. The minimum absolute atomic E-state index is 0.0137. The lowest BCUT2D eigenvalue weighted by Crippen LogP contribution is -2.38. The van der Waals surface area contributed by atoms with Gasteiger partial charge in [-0.25, -0.2) is 4.79 Å². The van der Waals surface area contributed by atoms with Crippen LogP contribution < -0.4 is 5.32 Å². The van der Waals surface area contributed by atoms with E-state index in [0.29, 0.717) is 12.5 Å². The van der Waals surface area contributed by atoms with E-state index >= 15 is 0 Å². The van der Waals surface area contributed by atoms with Crippen LogP contribution in [0.5, 0.6) is 0 Å². The molecule has 1 aromatic rings. The van der Waals surface area contributed by atoms with Crippen LogP contribution in [-0.2, 0) is 11.3 Å². The zero-order valence-corrected chi connectivity index (χ0v) is 13.4. The van der Waals surface area contributed by atoms with Crippen molar-refractivity contribution in [2.24, 2.45) is 5.92 Å². The van der Waals surface area contributed by atoms with Gasteiger partial charge in [0, 0.05) is 36.6 Å². The summed E-state index contributed by atoms with van der Waals surface area (Å²) < 4.78 is 6.45. The highest BCUT2D eigenvalue weighted by molar-refractivity contribution is 9.10. The highest BCUT2D eigenvalue weighted by Crippen LogP contribution is 2.18. The maximum atomic E-state index is 12.1. The van der Waals surface area contributed by atoms with Gasteiger partial charge in [0.1, 0.15) is 0 Å². The zero-order valence-electron chi connectivity index (χ0n) is 11.8. The average molecular weight is 341 g/mol. The van der Waals surface area contributed by atoms with Crippen molar-refractivity contribution in [2.45, 2.75) is 19.9 Å². The van der Waals surface area contributed by atoms with Crippen molar-refractivity contribution in [2.75, 3.05) is 26.3 Å². The third-order valence-electron chi connectivity index (χ3n) is 3.52. The monoisotopic (exact) mass is 340 g/mol. The molecule has 0 saturated carbocycles. The number of nitrogens with zero attached hydrogens (tertiary/aromatic N) is 1. The third-order valence-corrected chi connectivity index (χ3v) is 4.29. The Kier molecular flexibility index (Phi) is 5.86. The van der Waals surface area contributed by atoms with E-state index < -0.39 is 0 Å². The van der Waals surface area contributed by atoms with Crippen molar-refractivity contribution in [1.29, 1.82) is 0 Å². The molecular formula is C15H21BrN2O2. The molecule has 0 unspecified atom stereocenters. The smallest absolute Gasteiger partial charge is 0.317 e. The zero-order chi connectivity index (χ0) is 14.4. The summed E-state index contributed by atoms with van der Waals surface area (Å²) in [6.45, 7) is 5.65. The number of ether oxygens (including phenoxy) is 1. The van der Waals surface area contributed by atoms with Crippen LogP contribution in [0, 0.1) is 5.92 Å². The number of hydrogen-bond acceptors (Lipinski definition) is 2. The Hall–Kier alpha value is -1.07. The molecule has 20 heavy (non-hydrogen) atoms. The minimum atomic E-state index is 0.0137. The standard InChI is InChI=1S/C15H21BrN2O2/c1-2-20-11-12-7-8-18(10-12)15(19)17-9-13-5-3-4-6-14(13)16/h3-6,12H,2,7-11H2,1H3,(H,17,19)/t12-/m1/s1. The molecule has 4 nitrogen and oxygen atoms in total. The van der Waals surface area contributed by atoms with Crippen molar-refractivity contribution in [1.82, 2.24) is 10.2 Å². The molecule has 1 heterocycles. The molecule has 1 N–H and O–H groups in total. The molecule has 1 fully saturated rings. The topological polar surface area (TPSA) is 41.6 Å². The number of urea groups is 1. The van der Waals surface area contributed by atoms with E-state index in [0.717, 1.165) is 42.8 Å². The number of nitrogens with one attached hydrogen (secondary N) is 1. The van der Waals surface area contributed by atoms with Gasteiger partial charge in [-0.3, -0.25) is 0 Å². The number of benzene rings is 1. The summed E-state index contributed by atoms with van der Waals surface area (Å²) in [6.07, 6.45) is 1.03. The predicted octanol–water partition coefficient (Wildman–Crippen LogP) is 3.02. The van der Waals surface area contributed by atoms with E-state index in [2.05, 4.69) is 21.2 Å². The van der Waals surface area contributed by atoms with Gasteiger partial charge in [-0.2, -0.15) is 0 Å². The van der Waals surface area contributed by atoms with Crippen LogP contribution in [0.2, 0.25) is 0 Å². The molecule has 0 radical (unpaired) electrons. The van der Waals surface area contributed by atoms with Crippen molar-refractivity contribution in [3.05, 3.63) is 34.3 Å². The number of halogens is 1. The molecule has 5 heteroatoms. The van der Waals surface area contributed by atoms with Crippen molar-refractivity contribution in [3.8, 4) is 0 Å². The highest BCUT2D eigenvalue weighted by Gasteiger charge is 2.26. The first-order valence-corrected chi connectivity index (χ1v) is 7.84. The van der Waals surface area contributed by atoms with Crippen LogP contribution in [0.15, 0.2) is 28.7 Å². The van der Waals surface area contributed by atoms with Crippen molar-refractivity contribution >= 4 is 22.0 Å². The molecule has 1 aromatic carbocycles. The van der Waals surface area contributed by atoms with Crippen LogP contribution >= 0.6 is 15.9 Å². The molecule has 0 bridgehead atoms. The van der Waals surface area contributed by atoms with Gasteiger partial charge in [-0.1, -0.05) is 34.1 Å². The quantitative estimate of drug-likeness (QED) is 0.895. The van der Waals surface area contributed by atoms with Gasteiger partial charge in [0.2, 0.25) is 0 Å². The number of carbonyl (C=O) groups excluding carboxylic acids is 1. The van der Waals surface area contributed by atoms with Gasteiger partial charge in [-0.15, -0.1) is 0 Å². The lowest BCUT2D eigenvalue weighted by molar-refractivity contribution is 0.113. The molecule has 2 amide bonds. The summed E-state index contributed by atoms with van der Waals surface area (Å²) in [6, 6.07) is 7.94. The molecule has 0 aliphatic carbocycles. The Labute approximate surface area is 128 Å². The van der Waals surface area contributed by atoms with Crippen molar-refractivity contribution < 1.29 is 9.53 Å². The Morgan fingerprint density at radius 3 is 3.05 bits per heavy atom. The molecule has 110 valence electrons. The highest BCUT2D eigenvalue weighted by atomic mass is 79.9. The SMILES string of the molecule is CCOC[C@@H]1CCN(C(=O)NCc2ccccc2Br)C1. The van der Waals surface area contributed by atoms with E-state index in [1.165, 1.54) is 0 Å². The minimum Gasteiger partial charge on any atom is -0.381 e. The number of amides is 2. The maximum Gasteiger partial charge on any atom is 0.317 e. The summed E-state index contributed by atoms with van der Waals surface area (Å²) in [5, 5.41) is 2.97. The average Bonchev–Trinajstić information content (AvgIpc) is 2.93. The van der Waals surface area contributed by atoms with Crippen LogP contribution in [0.25, 0.3) is 0 Å². The van der Waals surface area contributed by atoms with Gasteiger partial charge in [0.25, 0.3) is 0 Å². The molecule has 1 saturated heterocycles. The predicted molar refractivity (Wildman–Crippen MR) is 82.6 cm³/mol. The van der Waals surface area contributed by atoms with E-state index in [9.17, 15) is 4.79 Å². The summed E-state index contributed by atoms with van der Waals surface area (Å²) in [7, 11) is 0. The molecule has 1 atom stereocenters. The summed E-state index contributed by atoms with van der Waals surface area (Å²) in [5.41, 5.74) is 1.09. The fourth-order valence-electron chi connectivity index (χ4n) is 2.36. The lowest BCUT2D eigenvalue weighted by atomic mass is 10.1. The van der Waals surface area contributed by atoms with Gasteiger partial charge >= 0.3 is 6.03 Å². The first-order valence-electron chi connectivity index (χ1n) is 7.04. The molecule has 1 aliphatic heterocycles. The number of rotatable bonds is 5. The Bertz CT molecular complexity index is 453. The number of likely N-dealkylation sites (tertiary alicyclic amines) is 1. The number of hydrogen-bond donors (Lipinski definition) is 1. The second-order valence-corrected chi connectivity index (χ2v) is 5.86. The molecule has 1 aliphatic rings. The van der Waals surface area contributed by atoms with E-state index in [4.69, 9.17) is 4.74 Å². The van der Waals surface area contributed by atoms with Gasteiger partial charge in [0.05, 0.1) is 6.61 Å². The van der Waals surface area contributed by atoms with Gasteiger partial charge < -0.3 is 15.0 Å². The van der Waals surface area contributed by atoms with Gasteiger partial charge in [0.15, 0.2) is 0 Å². The van der Waals surface area contributed by atoms with Crippen LogP contribution in [0.4, 0.5) is 4.79 Å². The summed E-state index contributed by atoms with van der Waals surface area (Å²) in [5.74, 6) is 0.476. The first kappa shape index (κ1) is 15.3. The van der Waals surface area contributed by atoms with E-state index in [1.807, 2.05) is 36.1 Å². The molecule has 2 rings (SSSR count). The van der Waals surface area contributed by atoms with E-state index in [-0.39, 0.29) is 6.03 Å². The Morgan fingerprint density at radius 1 is 1.50 bits per heavy atom. The van der Waals surface area contributed by atoms with Crippen LogP contribution in [0.1, 0.15) is 18.9 Å². The third kappa shape index (κ3) is 4.21. The second-order valence-electron chi connectivity index (χ2n) is 5.01.